The van der Waals surface area contributed by atoms with Crippen molar-refractivity contribution in [3.63, 3.8) is 0 Å². The molecule has 42 heavy (non-hydrogen) atoms. The van der Waals surface area contributed by atoms with Gasteiger partial charge in [-0.3, -0.25) is 19.6 Å². The summed E-state index contributed by atoms with van der Waals surface area (Å²) in [7, 11) is -2.19. The number of halogens is 1. The molecule has 2 saturated heterocycles. The van der Waals surface area contributed by atoms with Crippen molar-refractivity contribution in [1.29, 1.82) is 0 Å². The maximum Gasteiger partial charge on any atom is 0.248 e. The number of aryl methyl sites for hydroxylation is 2. The molecule has 3 heterocycles. The standard InChI is InChI=1S/C29H44N6O5S.ClH/c1-7-8-15-35-27(37)24(26(36)18(2)3)31-28(38)29(35)13-16-34(17-14-29)25(23-19(4)32-33-20(23)5)21-9-11-22(12-10-21)41(39,40)30-6;/h9-12,18,24-26,30,36H,7-8,13-17H2,1-6H3,(H,31,38)(H,32,33);1H/t24-,25?,26-;/m1./s1. The third kappa shape index (κ3) is 6.23. The SMILES string of the molecule is CCCCN1C(=O)[C@@H]([C@H](O)C(C)C)NC(=O)C12CCN(C(c1ccc(S(=O)(=O)NC)cc1)c1c(C)n[nH]c1C)CC2.Cl. The van der Waals surface area contributed by atoms with E-state index in [4.69, 9.17) is 0 Å². The van der Waals surface area contributed by atoms with Crippen LogP contribution in [0.1, 0.15) is 75.0 Å². The minimum Gasteiger partial charge on any atom is -0.390 e. The molecule has 2 fully saturated rings. The molecule has 1 aromatic heterocycles. The van der Waals surface area contributed by atoms with Crippen molar-refractivity contribution in [3.8, 4) is 0 Å². The number of nitrogens with one attached hydrogen (secondary N) is 3. The average molecular weight is 625 g/mol. The van der Waals surface area contributed by atoms with E-state index in [1.165, 1.54) is 7.05 Å². The third-order valence-corrected chi connectivity index (χ3v) is 10.2. The van der Waals surface area contributed by atoms with Crippen LogP contribution in [0.2, 0.25) is 0 Å². The largest absolute Gasteiger partial charge is 0.390 e. The molecule has 234 valence electrons. The zero-order valence-corrected chi connectivity index (χ0v) is 26.9. The first-order chi connectivity index (χ1) is 19.4. The number of piperidine rings is 1. The van der Waals surface area contributed by atoms with Gasteiger partial charge in [-0.1, -0.05) is 39.3 Å². The molecule has 1 spiro atoms. The summed E-state index contributed by atoms with van der Waals surface area (Å²) in [6.45, 7) is 11.2. The number of aromatic nitrogens is 2. The lowest BCUT2D eigenvalue weighted by molar-refractivity contribution is -0.165. The topological polar surface area (TPSA) is 148 Å². The monoisotopic (exact) mass is 624 g/mol. The second-order valence-corrected chi connectivity index (χ2v) is 13.5. The van der Waals surface area contributed by atoms with Gasteiger partial charge in [0, 0.05) is 30.9 Å². The number of aromatic amines is 1. The maximum absolute atomic E-state index is 13.8. The van der Waals surface area contributed by atoms with E-state index in [0.29, 0.717) is 32.5 Å². The van der Waals surface area contributed by atoms with Crippen LogP contribution < -0.4 is 10.0 Å². The van der Waals surface area contributed by atoms with Crippen molar-refractivity contribution in [3.05, 3.63) is 46.8 Å². The number of carbonyl (C=O) groups excluding carboxylic acids is 2. The summed E-state index contributed by atoms with van der Waals surface area (Å²) in [5.74, 6) is -0.594. The number of aliphatic hydroxyl groups excluding tert-OH is 1. The smallest absolute Gasteiger partial charge is 0.248 e. The highest BCUT2D eigenvalue weighted by atomic mass is 35.5. The number of carbonyl (C=O) groups is 2. The van der Waals surface area contributed by atoms with Crippen molar-refractivity contribution < 1.29 is 23.1 Å². The molecule has 2 amide bonds. The Bertz CT molecular complexity index is 1340. The van der Waals surface area contributed by atoms with Gasteiger partial charge in [0.1, 0.15) is 11.6 Å². The molecular weight excluding hydrogens is 580 g/mol. The molecule has 0 saturated carbocycles. The van der Waals surface area contributed by atoms with Gasteiger partial charge < -0.3 is 15.3 Å². The summed E-state index contributed by atoms with van der Waals surface area (Å²) >= 11 is 0. The quantitative estimate of drug-likeness (QED) is 0.317. The van der Waals surface area contributed by atoms with Crippen LogP contribution in [0.15, 0.2) is 29.2 Å². The maximum atomic E-state index is 13.8. The summed E-state index contributed by atoms with van der Waals surface area (Å²) in [6.07, 6.45) is 1.58. The molecule has 2 aliphatic heterocycles. The van der Waals surface area contributed by atoms with Crippen LogP contribution in [0.4, 0.5) is 0 Å². The van der Waals surface area contributed by atoms with Crippen molar-refractivity contribution in [1.82, 2.24) is 30.0 Å². The zero-order valence-electron chi connectivity index (χ0n) is 25.3. The van der Waals surface area contributed by atoms with E-state index in [1.807, 2.05) is 39.8 Å². The fourth-order valence-electron chi connectivity index (χ4n) is 6.21. The lowest BCUT2D eigenvalue weighted by Gasteiger charge is -2.53. The Kier molecular flexibility index (Phi) is 10.9. The predicted molar refractivity (Wildman–Crippen MR) is 163 cm³/mol. The van der Waals surface area contributed by atoms with Crippen LogP contribution in [-0.4, -0.2) is 89.7 Å². The second kappa shape index (κ2) is 13.4. The first-order valence-corrected chi connectivity index (χ1v) is 16.0. The van der Waals surface area contributed by atoms with Gasteiger partial charge in [-0.15, -0.1) is 12.4 Å². The van der Waals surface area contributed by atoms with Crippen LogP contribution in [0.5, 0.6) is 0 Å². The Hall–Kier alpha value is -2.51. The van der Waals surface area contributed by atoms with Crippen molar-refractivity contribution >= 4 is 34.2 Å². The second-order valence-electron chi connectivity index (χ2n) is 11.6. The predicted octanol–water partition coefficient (Wildman–Crippen LogP) is 2.42. The number of H-pyrrole nitrogens is 1. The van der Waals surface area contributed by atoms with E-state index in [-0.39, 0.29) is 41.1 Å². The van der Waals surface area contributed by atoms with Gasteiger partial charge in [-0.2, -0.15) is 5.10 Å². The number of hydrogen-bond donors (Lipinski definition) is 4. The van der Waals surface area contributed by atoms with E-state index < -0.39 is 27.7 Å². The first kappa shape index (κ1) is 34.0. The van der Waals surface area contributed by atoms with Crippen LogP contribution in [0, 0.1) is 19.8 Å². The molecule has 3 atom stereocenters. The van der Waals surface area contributed by atoms with E-state index in [2.05, 4.69) is 32.1 Å². The van der Waals surface area contributed by atoms with Gasteiger partial charge >= 0.3 is 0 Å². The van der Waals surface area contributed by atoms with E-state index in [0.717, 1.165) is 35.4 Å². The number of hydrogen-bond acceptors (Lipinski definition) is 7. The van der Waals surface area contributed by atoms with Crippen molar-refractivity contribution in [2.24, 2.45) is 5.92 Å². The number of amides is 2. The normalized spacial score (nSPS) is 20.9. The van der Waals surface area contributed by atoms with Gasteiger partial charge in [0.05, 0.1) is 22.7 Å². The summed E-state index contributed by atoms with van der Waals surface area (Å²) in [5, 5.41) is 21.1. The summed E-state index contributed by atoms with van der Waals surface area (Å²) in [4.78, 5) is 31.7. The Morgan fingerprint density at radius 1 is 1.14 bits per heavy atom. The molecule has 11 nitrogen and oxygen atoms in total. The van der Waals surface area contributed by atoms with Crippen LogP contribution >= 0.6 is 12.4 Å². The Morgan fingerprint density at radius 3 is 2.26 bits per heavy atom. The number of piperazine rings is 1. The first-order valence-electron chi connectivity index (χ1n) is 14.5. The van der Waals surface area contributed by atoms with Gasteiger partial charge in [0.2, 0.25) is 21.8 Å². The number of benzene rings is 1. The highest BCUT2D eigenvalue weighted by molar-refractivity contribution is 7.89. The average Bonchev–Trinajstić information content (AvgIpc) is 3.29. The van der Waals surface area contributed by atoms with Crippen LogP contribution in [0.3, 0.4) is 0 Å². The lowest BCUT2D eigenvalue weighted by atomic mass is 9.79. The molecule has 2 aliphatic rings. The fraction of sp³-hybridized carbons (Fsp3) is 0.621. The van der Waals surface area contributed by atoms with Crippen LogP contribution in [0.25, 0.3) is 0 Å². The van der Waals surface area contributed by atoms with Crippen LogP contribution in [-0.2, 0) is 19.6 Å². The minimum atomic E-state index is -3.58. The molecule has 1 aromatic carbocycles. The summed E-state index contributed by atoms with van der Waals surface area (Å²) in [6, 6.07) is 5.69. The van der Waals surface area contributed by atoms with Gasteiger partial charge in [0.15, 0.2) is 0 Å². The Balaban J connectivity index is 0.00000484. The molecule has 4 rings (SSSR count). The minimum absolute atomic E-state index is 0. The number of aliphatic hydroxyl groups is 1. The van der Waals surface area contributed by atoms with Gasteiger partial charge in [-0.25, -0.2) is 13.1 Å². The Morgan fingerprint density at radius 2 is 1.76 bits per heavy atom. The van der Waals surface area contributed by atoms with Crippen molar-refractivity contribution in [2.45, 2.75) is 88.9 Å². The number of rotatable bonds is 10. The number of sulfonamides is 1. The molecule has 0 bridgehead atoms. The van der Waals surface area contributed by atoms with Gasteiger partial charge in [0.25, 0.3) is 0 Å². The van der Waals surface area contributed by atoms with E-state index in [1.54, 1.807) is 17.0 Å². The number of nitrogens with zero attached hydrogens (tertiary/aromatic N) is 3. The third-order valence-electron chi connectivity index (χ3n) is 8.74. The molecular formula is C29H45ClN6O5S. The molecule has 0 aliphatic carbocycles. The highest BCUT2D eigenvalue weighted by Crippen LogP contribution is 2.40. The summed E-state index contributed by atoms with van der Waals surface area (Å²) in [5.41, 5.74) is 2.71. The molecule has 4 N–H and O–H groups in total. The Labute approximate surface area is 255 Å². The number of likely N-dealkylation sites (tertiary alicyclic amines) is 1. The molecule has 2 aromatic rings. The number of unbranched alkanes of at least 4 members (excludes halogenated alkanes) is 1. The molecule has 13 heteroatoms. The molecule has 1 unspecified atom stereocenters. The zero-order chi connectivity index (χ0) is 30.1. The lowest BCUT2D eigenvalue weighted by Crippen LogP contribution is -2.75. The van der Waals surface area contributed by atoms with E-state index >= 15 is 0 Å². The van der Waals surface area contributed by atoms with Gasteiger partial charge in [-0.05, 0) is 63.8 Å². The molecule has 0 radical (unpaired) electrons. The highest BCUT2D eigenvalue weighted by Gasteiger charge is 2.55. The van der Waals surface area contributed by atoms with Crippen molar-refractivity contribution in [2.75, 3.05) is 26.7 Å². The summed E-state index contributed by atoms with van der Waals surface area (Å²) < 4.78 is 27.0. The fourth-order valence-corrected chi connectivity index (χ4v) is 6.94. The van der Waals surface area contributed by atoms with E-state index in [9.17, 15) is 23.1 Å².